The maximum atomic E-state index is 12.4. The maximum Gasteiger partial charge on any atom is 0.328 e. The number of thiol groups is 2. The lowest BCUT2D eigenvalue weighted by atomic mass is 9.95. The number of nitrogens with two attached hydrogens (primary N) is 1. The van der Waals surface area contributed by atoms with E-state index in [2.05, 4.69) is 35.9 Å². The Labute approximate surface area is 154 Å². The second-order valence-corrected chi connectivity index (χ2v) is 6.80. The van der Waals surface area contributed by atoms with E-state index in [4.69, 9.17) is 10.5 Å². The number of amides is 2. The summed E-state index contributed by atoms with van der Waals surface area (Å²) in [6, 6.07) is -1.62. The minimum Gasteiger partial charge on any atom is -0.467 e. The molecule has 0 aromatic carbocycles. The second-order valence-electron chi connectivity index (χ2n) is 6.12. The van der Waals surface area contributed by atoms with Gasteiger partial charge in [-0.3, -0.25) is 9.59 Å². The smallest absolute Gasteiger partial charge is 0.328 e. The highest BCUT2D eigenvalue weighted by molar-refractivity contribution is 7.80. The van der Waals surface area contributed by atoms with Crippen LogP contribution in [0.25, 0.3) is 0 Å². The van der Waals surface area contributed by atoms with Crippen LogP contribution in [0, 0.1) is 5.41 Å². The molecule has 2 amide bonds. The number of unbranched alkanes of at least 4 members (excludes halogenated alkanes) is 1. The maximum absolute atomic E-state index is 12.4. The molecule has 0 saturated heterocycles. The average molecular weight is 380 g/mol. The SMILES string of the molecule is COC(=O)C(CCCCN)NC(=O)C(CS)NC(=O)C(C)(C)CS. The molecule has 0 aliphatic carbocycles. The standard InChI is InChI=1S/C15H29N3O4S2/c1-15(2,9-24)14(21)18-11(8-23)12(19)17-10(13(20)22-3)6-4-5-7-16/h10-11,23-24H,4-9,16H2,1-3H3,(H,17,19)(H,18,21). The van der Waals surface area contributed by atoms with Crippen molar-refractivity contribution in [2.24, 2.45) is 11.1 Å². The van der Waals surface area contributed by atoms with E-state index in [1.807, 2.05) is 0 Å². The number of nitrogens with one attached hydrogen (secondary N) is 2. The highest BCUT2D eigenvalue weighted by atomic mass is 32.1. The number of carbonyl (C=O) groups excluding carboxylic acids is 3. The Bertz CT molecular complexity index is 433. The number of ether oxygens (including phenoxy) is 1. The number of esters is 1. The highest BCUT2D eigenvalue weighted by Crippen LogP contribution is 2.17. The van der Waals surface area contributed by atoms with E-state index < -0.39 is 29.4 Å². The molecule has 2 atom stereocenters. The van der Waals surface area contributed by atoms with Crippen molar-refractivity contribution in [2.75, 3.05) is 25.2 Å². The summed E-state index contributed by atoms with van der Waals surface area (Å²) in [7, 11) is 1.26. The molecular weight excluding hydrogens is 350 g/mol. The van der Waals surface area contributed by atoms with Gasteiger partial charge in [-0.05, 0) is 25.8 Å². The van der Waals surface area contributed by atoms with Crippen LogP contribution in [-0.4, -0.2) is 55.0 Å². The molecule has 0 aliphatic heterocycles. The van der Waals surface area contributed by atoms with Crippen LogP contribution in [-0.2, 0) is 19.1 Å². The lowest BCUT2D eigenvalue weighted by Crippen LogP contribution is -2.55. The molecule has 2 unspecified atom stereocenters. The molecule has 0 fully saturated rings. The number of carbonyl (C=O) groups is 3. The second kappa shape index (κ2) is 11.6. The molecule has 0 aromatic rings. The Morgan fingerprint density at radius 2 is 1.75 bits per heavy atom. The fourth-order valence-corrected chi connectivity index (χ4v) is 2.18. The van der Waals surface area contributed by atoms with Crippen LogP contribution in [0.3, 0.4) is 0 Å². The Morgan fingerprint density at radius 1 is 1.12 bits per heavy atom. The van der Waals surface area contributed by atoms with Crippen LogP contribution >= 0.6 is 25.3 Å². The van der Waals surface area contributed by atoms with Crippen molar-refractivity contribution >= 4 is 43.0 Å². The van der Waals surface area contributed by atoms with Crippen LogP contribution in [0.2, 0.25) is 0 Å². The minimum absolute atomic E-state index is 0.108. The zero-order valence-electron chi connectivity index (χ0n) is 14.5. The summed E-state index contributed by atoms with van der Waals surface area (Å²) in [6.07, 6.45) is 1.85. The molecule has 0 aromatic heterocycles. The van der Waals surface area contributed by atoms with Crippen molar-refractivity contribution in [3.8, 4) is 0 Å². The molecular formula is C15H29N3O4S2. The number of hydrogen-bond donors (Lipinski definition) is 5. The monoisotopic (exact) mass is 379 g/mol. The van der Waals surface area contributed by atoms with Gasteiger partial charge in [0.1, 0.15) is 12.1 Å². The highest BCUT2D eigenvalue weighted by Gasteiger charge is 2.31. The van der Waals surface area contributed by atoms with Crippen molar-refractivity contribution in [3.63, 3.8) is 0 Å². The van der Waals surface area contributed by atoms with Gasteiger partial charge in [-0.2, -0.15) is 25.3 Å². The molecule has 0 rings (SSSR count). The van der Waals surface area contributed by atoms with Gasteiger partial charge in [0.25, 0.3) is 0 Å². The van der Waals surface area contributed by atoms with Gasteiger partial charge in [0.2, 0.25) is 11.8 Å². The Morgan fingerprint density at radius 3 is 2.21 bits per heavy atom. The molecule has 9 heteroatoms. The van der Waals surface area contributed by atoms with Gasteiger partial charge in [0.15, 0.2) is 0 Å². The first-order valence-electron chi connectivity index (χ1n) is 7.84. The van der Waals surface area contributed by atoms with Gasteiger partial charge in [-0.1, -0.05) is 13.8 Å². The lowest BCUT2D eigenvalue weighted by Gasteiger charge is -2.26. The van der Waals surface area contributed by atoms with E-state index in [-0.39, 0.29) is 11.7 Å². The summed E-state index contributed by atoms with van der Waals surface area (Å²) in [4.78, 5) is 36.3. The Balaban J connectivity index is 4.84. The third-order valence-corrected chi connectivity index (χ3v) is 4.72. The van der Waals surface area contributed by atoms with E-state index in [1.165, 1.54) is 7.11 Å². The van der Waals surface area contributed by atoms with E-state index in [0.29, 0.717) is 25.1 Å². The van der Waals surface area contributed by atoms with Gasteiger partial charge in [-0.15, -0.1) is 0 Å². The van der Waals surface area contributed by atoms with Crippen molar-refractivity contribution in [3.05, 3.63) is 0 Å². The molecule has 4 N–H and O–H groups in total. The summed E-state index contributed by atoms with van der Waals surface area (Å²) in [5.41, 5.74) is 4.72. The number of hydrogen-bond acceptors (Lipinski definition) is 7. The Hall–Kier alpha value is -0.930. The molecule has 0 aliphatic rings. The van der Waals surface area contributed by atoms with E-state index in [0.717, 1.165) is 6.42 Å². The first kappa shape index (κ1) is 23.1. The van der Waals surface area contributed by atoms with Crippen LogP contribution in [0.5, 0.6) is 0 Å². The quantitative estimate of drug-likeness (QED) is 0.199. The number of methoxy groups -OCH3 is 1. The molecule has 0 spiro atoms. The normalized spacial score (nSPS) is 13.8. The summed E-state index contributed by atoms with van der Waals surface area (Å²) in [5.74, 6) is -0.859. The predicted molar refractivity (Wildman–Crippen MR) is 100 cm³/mol. The zero-order valence-corrected chi connectivity index (χ0v) is 16.3. The molecule has 0 bridgehead atoms. The third kappa shape index (κ3) is 7.76. The average Bonchev–Trinajstić information content (AvgIpc) is 2.57. The fraction of sp³-hybridized carbons (Fsp3) is 0.800. The molecule has 0 heterocycles. The Kier molecular flexibility index (Phi) is 11.1. The topological polar surface area (TPSA) is 111 Å². The third-order valence-electron chi connectivity index (χ3n) is 3.56. The molecule has 0 saturated carbocycles. The van der Waals surface area contributed by atoms with Crippen molar-refractivity contribution in [1.82, 2.24) is 10.6 Å². The van der Waals surface area contributed by atoms with Gasteiger partial charge < -0.3 is 21.1 Å². The van der Waals surface area contributed by atoms with Crippen LogP contribution < -0.4 is 16.4 Å². The van der Waals surface area contributed by atoms with Gasteiger partial charge in [-0.25, -0.2) is 4.79 Å². The zero-order chi connectivity index (χ0) is 18.8. The van der Waals surface area contributed by atoms with Gasteiger partial charge in [0, 0.05) is 11.5 Å². The van der Waals surface area contributed by atoms with Crippen molar-refractivity contribution in [2.45, 2.75) is 45.2 Å². The van der Waals surface area contributed by atoms with Crippen LogP contribution in [0.4, 0.5) is 0 Å². The summed E-state index contributed by atoms with van der Waals surface area (Å²) >= 11 is 8.24. The largest absolute Gasteiger partial charge is 0.467 e. The molecule has 7 nitrogen and oxygen atoms in total. The summed E-state index contributed by atoms with van der Waals surface area (Å²) in [5, 5.41) is 5.25. The number of rotatable bonds is 11. The lowest BCUT2D eigenvalue weighted by molar-refractivity contribution is -0.145. The van der Waals surface area contributed by atoms with Gasteiger partial charge >= 0.3 is 5.97 Å². The summed E-state index contributed by atoms with van der Waals surface area (Å²) < 4.78 is 4.71. The first-order valence-corrected chi connectivity index (χ1v) is 9.11. The molecule has 0 radical (unpaired) electrons. The van der Waals surface area contributed by atoms with Crippen molar-refractivity contribution < 1.29 is 19.1 Å². The van der Waals surface area contributed by atoms with Gasteiger partial charge in [0.05, 0.1) is 12.5 Å². The fourth-order valence-electron chi connectivity index (χ4n) is 1.78. The molecule has 24 heavy (non-hydrogen) atoms. The summed E-state index contributed by atoms with van der Waals surface area (Å²) in [6.45, 7) is 3.97. The van der Waals surface area contributed by atoms with Crippen LogP contribution in [0.15, 0.2) is 0 Å². The minimum atomic E-state index is -0.846. The molecule has 140 valence electrons. The van der Waals surface area contributed by atoms with E-state index in [9.17, 15) is 14.4 Å². The van der Waals surface area contributed by atoms with E-state index >= 15 is 0 Å². The van der Waals surface area contributed by atoms with Crippen LogP contribution in [0.1, 0.15) is 33.1 Å². The predicted octanol–water partition coefficient (Wildman–Crippen LogP) is 0.144. The van der Waals surface area contributed by atoms with Crippen molar-refractivity contribution in [1.29, 1.82) is 0 Å². The van der Waals surface area contributed by atoms with E-state index in [1.54, 1.807) is 13.8 Å². The first-order chi connectivity index (χ1) is 11.2.